The molecule has 1 fully saturated rings. The van der Waals surface area contributed by atoms with Crippen molar-refractivity contribution in [2.75, 3.05) is 26.3 Å². The molecule has 0 bridgehead atoms. The summed E-state index contributed by atoms with van der Waals surface area (Å²) < 4.78 is 5.39. The number of aliphatic hydroxyl groups is 1. The number of nitrogens with zero attached hydrogens (tertiary/aromatic N) is 1. The molecular weight excluding hydrogens is 260 g/mol. The molecule has 5 heteroatoms. The lowest BCUT2D eigenvalue weighted by molar-refractivity contribution is -0.0203. The highest BCUT2D eigenvalue weighted by Crippen LogP contribution is 2.17. The number of nitrogens with two attached hydrogens (primary N) is 1. The van der Waals surface area contributed by atoms with Crippen molar-refractivity contribution in [3.05, 3.63) is 35.4 Å². The maximum atomic E-state index is 10.3. The molecule has 0 radical (unpaired) electrons. The van der Waals surface area contributed by atoms with Crippen LogP contribution in [0.2, 0.25) is 0 Å². The fourth-order valence-electron chi connectivity index (χ4n) is 2.23. The van der Waals surface area contributed by atoms with Crippen LogP contribution < -0.4 is 5.73 Å². The van der Waals surface area contributed by atoms with E-state index < -0.39 is 6.10 Å². The number of rotatable bonds is 4. The summed E-state index contributed by atoms with van der Waals surface area (Å²) in [7, 11) is 0. The highest BCUT2D eigenvalue weighted by Gasteiger charge is 2.21. The molecule has 0 amide bonds. The van der Waals surface area contributed by atoms with Gasteiger partial charge in [0, 0.05) is 24.7 Å². The third-order valence-corrected chi connectivity index (χ3v) is 3.73. The van der Waals surface area contributed by atoms with Crippen LogP contribution in [0.4, 0.5) is 0 Å². The lowest BCUT2D eigenvalue weighted by Gasteiger charge is -2.34. The Morgan fingerprint density at radius 3 is 2.79 bits per heavy atom. The van der Waals surface area contributed by atoms with Crippen LogP contribution in [-0.2, 0) is 4.74 Å². The van der Waals surface area contributed by atoms with Crippen molar-refractivity contribution in [2.24, 2.45) is 5.73 Å². The second-order valence-corrected chi connectivity index (χ2v) is 5.36. The molecule has 0 saturated carbocycles. The standard InChI is InChI=1S/C14H20N2O2S/c1-10-9-18-7-6-16(10)8-13(17)11-2-4-12(5-3-11)14(15)19/h2-5,10,13,17H,6-9H2,1H3,(H2,15,19). The second-order valence-electron chi connectivity index (χ2n) is 4.92. The SMILES string of the molecule is CC1COCCN1CC(O)c1ccc(C(N)=S)cc1. The molecule has 1 aliphatic heterocycles. The van der Waals surface area contributed by atoms with Crippen LogP contribution in [0.1, 0.15) is 24.2 Å². The predicted molar refractivity (Wildman–Crippen MR) is 79.1 cm³/mol. The Balaban J connectivity index is 1.98. The van der Waals surface area contributed by atoms with E-state index in [0.29, 0.717) is 17.6 Å². The minimum Gasteiger partial charge on any atom is -0.389 e. The van der Waals surface area contributed by atoms with Gasteiger partial charge >= 0.3 is 0 Å². The Labute approximate surface area is 119 Å². The number of morpholine rings is 1. The molecule has 0 aromatic heterocycles. The highest BCUT2D eigenvalue weighted by molar-refractivity contribution is 7.80. The Bertz CT molecular complexity index is 436. The van der Waals surface area contributed by atoms with E-state index in [1.54, 1.807) is 0 Å². The molecule has 1 aliphatic rings. The monoisotopic (exact) mass is 280 g/mol. The van der Waals surface area contributed by atoms with E-state index in [1.807, 2.05) is 24.3 Å². The van der Waals surface area contributed by atoms with Crippen molar-refractivity contribution in [1.82, 2.24) is 4.90 Å². The molecule has 1 aromatic carbocycles. The number of aliphatic hydroxyl groups excluding tert-OH is 1. The smallest absolute Gasteiger partial charge is 0.103 e. The largest absolute Gasteiger partial charge is 0.389 e. The molecule has 0 aliphatic carbocycles. The van der Waals surface area contributed by atoms with E-state index >= 15 is 0 Å². The number of benzene rings is 1. The summed E-state index contributed by atoms with van der Waals surface area (Å²) in [5.41, 5.74) is 7.27. The number of thiocarbonyl (C=S) groups is 1. The zero-order valence-corrected chi connectivity index (χ0v) is 11.9. The minimum atomic E-state index is -0.499. The highest BCUT2D eigenvalue weighted by atomic mass is 32.1. The summed E-state index contributed by atoms with van der Waals surface area (Å²) in [5, 5.41) is 10.3. The molecule has 104 valence electrons. The van der Waals surface area contributed by atoms with E-state index in [1.165, 1.54) is 0 Å². The average Bonchev–Trinajstić information content (AvgIpc) is 2.41. The maximum absolute atomic E-state index is 10.3. The summed E-state index contributed by atoms with van der Waals surface area (Å²) in [6, 6.07) is 7.81. The molecule has 1 saturated heterocycles. The number of hydrogen-bond acceptors (Lipinski definition) is 4. The van der Waals surface area contributed by atoms with Crippen molar-refractivity contribution in [3.63, 3.8) is 0 Å². The fourth-order valence-corrected chi connectivity index (χ4v) is 2.37. The minimum absolute atomic E-state index is 0.347. The third kappa shape index (κ3) is 3.73. The van der Waals surface area contributed by atoms with Gasteiger partial charge in [0.1, 0.15) is 4.99 Å². The quantitative estimate of drug-likeness (QED) is 0.808. The molecule has 1 aromatic rings. The second kappa shape index (κ2) is 6.43. The van der Waals surface area contributed by atoms with Gasteiger partial charge in [-0.05, 0) is 12.5 Å². The van der Waals surface area contributed by atoms with E-state index in [0.717, 1.165) is 30.9 Å². The van der Waals surface area contributed by atoms with E-state index in [-0.39, 0.29) is 0 Å². The number of hydrogen-bond donors (Lipinski definition) is 2. The predicted octanol–water partition coefficient (Wildman–Crippen LogP) is 1.07. The van der Waals surface area contributed by atoms with E-state index in [2.05, 4.69) is 11.8 Å². The van der Waals surface area contributed by atoms with Gasteiger partial charge in [0.05, 0.1) is 19.3 Å². The Kier molecular flexibility index (Phi) is 4.87. The zero-order valence-electron chi connectivity index (χ0n) is 11.1. The van der Waals surface area contributed by atoms with Gasteiger partial charge in [-0.15, -0.1) is 0 Å². The van der Waals surface area contributed by atoms with Crippen molar-refractivity contribution < 1.29 is 9.84 Å². The van der Waals surface area contributed by atoms with Gasteiger partial charge in [-0.3, -0.25) is 4.90 Å². The van der Waals surface area contributed by atoms with Crippen LogP contribution in [0.15, 0.2) is 24.3 Å². The maximum Gasteiger partial charge on any atom is 0.103 e. The topological polar surface area (TPSA) is 58.7 Å². The van der Waals surface area contributed by atoms with Crippen molar-refractivity contribution in [3.8, 4) is 0 Å². The van der Waals surface area contributed by atoms with Crippen LogP contribution in [-0.4, -0.2) is 47.3 Å². The van der Waals surface area contributed by atoms with Gasteiger partial charge in [0.15, 0.2) is 0 Å². The van der Waals surface area contributed by atoms with Gasteiger partial charge < -0.3 is 15.6 Å². The van der Waals surface area contributed by atoms with Gasteiger partial charge in [0.25, 0.3) is 0 Å². The number of β-amino-alcohol motifs (C(OH)–C–C–N with tert-alkyl or cyclic N) is 1. The van der Waals surface area contributed by atoms with Gasteiger partial charge in [-0.2, -0.15) is 0 Å². The fraction of sp³-hybridized carbons (Fsp3) is 0.500. The van der Waals surface area contributed by atoms with Crippen LogP contribution in [0, 0.1) is 0 Å². The van der Waals surface area contributed by atoms with Crippen molar-refractivity contribution in [2.45, 2.75) is 19.1 Å². The average molecular weight is 280 g/mol. The van der Waals surface area contributed by atoms with Gasteiger partial charge in [0.2, 0.25) is 0 Å². The van der Waals surface area contributed by atoms with Crippen LogP contribution in [0.5, 0.6) is 0 Å². The van der Waals surface area contributed by atoms with Crippen LogP contribution >= 0.6 is 12.2 Å². The molecular formula is C14H20N2O2S. The first kappa shape index (κ1) is 14.4. The Hall–Kier alpha value is -1.01. The molecule has 2 unspecified atom stereocenters. The Morgan fingerprint density at radius 1 is 1.53 bits per heavy atom. The molecule has 3 N–H and O–H groups in total. The summed E-state index contributed by atoms with van der Waals surface area (Å²) in [6.45, 7) is 5.06. The first-order valence-electron chi connectivity index (χ1n) is 6.47. The molecule has 0 spiro atoms. The van der Waals surface area contributed by atoms with Crippen molar-refractivity contribution in [1.29, 1.82) is 0 Å². The first-order chi connectivity index (χ1) is 9.08. The lowest BCUT2D eigenvalue weighted by Crippen LogP contribution is -2.45. The van der Waals surface area contributed by atoms with E-state index in [9.17, 15) is 5.11 Å². The molecule has 2 rings (SSSR count). The van der Waals surface area contributed by atoms with Gasteiger partial charge in [-0.1, -0.05) is 36.5 Å². The molecule has 1 heterocycles. The summed E-state index contributed by atoms with van der Waals surface area (Å²) in [6.07, 6.45) is -0.499. The normalized spacial score (nSPS) is 22.1. The Morgan fingerprint density at radius 2 is 2.21 bits per heavy atom. The van der Waals surface area contributed by atoms with E-state index in [4.69, 9.17) is 22.7 Å². The third-order valence-electron chi connectivity index (χ3n) is 3.49. The molecule has 2 atom stereocenters. The number of ether oxygens (including phenoxy) is 1. The molecule has 4 nitrogen and oxygen atoms in total. The van der Waals surface area contributed by atoms with Gasteiger partial charge in [-0.25, -0.2) is 0 Å². The lowest BCUT2D eigenvalue weighted by atomic mass is 10.1. The zero-order chi connectivity index (χ0) is 13.8. The van der Waals surface area contributed by atoms with Crippen LogP contribution in [0.3, 0.4) is 0 Å². The van der Waals surface area contributed by atoms with Crippen LogP contribution in [0.25, 0.3) is 0 Å². The molecule has 19 heavy (non-hydrogen) atoms. The first-order valence-corrected chi connectivity index (χ1v) is 6.88. The summed E-state index contributed by atoms with van der Waals surface area (Å²) >= 11 is 4.91. The summed E-state index contributed by atoms with van der Waals surface area (Å²) in [5.74, 6) is 0. The summed E-state index contributed by atoms with van der Waals surface area (Å²) in [4.78, 5) is 2.62. The van der Waals surface area contributed by atoms with Crippen molar-refractivity contribution >= 4 is 17.2 Å².